The van der Waals surface area contributed by atoms with Crippen LogP contribution in [0.4, 0.5) is 61.5 Å². The minimum Gasteiger partial charge on any atom is -0.461 e. The summed E-state index contributed by atoms with van der Waals surface area (Å²) in [7, 11) is -0.390. The summed E-state index contributed by atoms with van der Waals surface area (Å²) in [6.07, 6.45) is -8.69. The Labute approximate surface area is 730 Å². The summed E-state index contributed by atoms with van der Waals surface area (Å²) in [6, 6.07) is 57.8. The van der Waals surface area contributed by atoms with Crippen LogP contribution in [0, 0.1) is 51.2 Å². The Morgan fingerprint density at radius 1 is 0.368 bits per heavy atom. The fraction of sp³-hybridized carbons (Fsp3) is 0.553. The zero-order valence-corrected chi connectivity index (χ0v) is 70.6. The van der Waals surface area contributed by atoms with Crippen LogP contribution in [0.1, 0.15) is 202 Å². The summed E-state index contributed by atoms with van der Waals surface area (Å²) in [5.74, 6) is -33.5. The summed E-state index contributed by atoms with van der Waals surface area (Å²) < 4.78 is 229. The van der Waals surface area contributed by atoms with E-state index in [1.54, 1.807) is 0 Å². The molecule has 4 unspecified atom stereocenters. The highest BCUT2D eigenvalue weighted by atomic mass is 32.2. The van der Waals surface area contributed by atoms with Gasteiger partial charge in [-0.15, -0.1) is 0 Å². The van der Waals surface area contributed by atoms with Crippen molar-refractivity contribution in [3.8, 4) is 11.5 Å². The normalized spacial score (nSPS) is 22.1. The van der Waals surface area contributed by atoms with Crippen LogP contribution in [-0.4, -0.2) is 121 Å². The molecule has 0 aromatic heterocycles. The van der Waals surface area contributed by atoms with Gasteiger partial charge in [0.2, 0.25) is 0 Å². The number of carbonyl (C=O) groups is 6. The highest BCUT2D eigenvalue weighted by Gasteiger charge is 2.72. The van der Waals surface area contributed by atoms with Gasteiger partial charge in [0.05, 0.1) is 75.5 Å². The highest BCUT2D eigenvalue weighted by Crippen LogP contribution is 2.64. The maximum atomic E-state index is 14.1. The second-order valence-corrected chi connectivity index (χ2v) is 37.6. The summed E-state index contributed by atoms with van der Waals surface area (Å²) >= 11 is 0. The van der Waals surface area contributed by atoms with Crippen LogP contribution in [0.15, 0.2) is 199 Å². The first-order valence-corrected chi connectivity index (χ1v) is 42.7. The van der Waals surface area contributed by atoms with E-state index in [1.165, 1.54) is 36.3 Å². The van der Waals surface area contributed by atoms with Crippen molar-refractivity contribution < 1.29 is 133 Å². The first-order chi connectivity index (χ1) is 56.5. The second-order valence-electron chi connectivity index (χ2n) is 33.6. The van der Waals surface area contributed by atoms with E-state index in [9.17, 15) is 95.3 Å². The first-order valence-electron chi connectivity index (χ1n) is 40.3. The van der Waals surface area contributed by atoms with Crippen molar-refractivity contribution in [1.29, 1.82) is 0 Å². The minimum atomic E-state index is -5.78. The van der Waals surface area contributed by atoms with E-state index in [0.717, 1.165) is 39.0 Å². The van der Waals surface area contributed by atoms with E-state index in [-0.39, 0.29) is 126 Å². The summed E-state index contributed by atoms with van der Waals surface area (Å²) in [4.78, 5) is 83.0. The number of alkyl halides is 14. The van der Waals surface area contributed by atoms with Gasteiger partial charge in [0.25, 0.3) is 0 Å². The Morgan fingerprint density at radius 2 is 0.632 bits per heavy atom. The molecule has 0 heterocycles. The molecule has 4 atom stereocenters. The van der Waals surface area contributed by atoms with Gasteiger partial charge in [0, 0.05) is 26.7 Å². The molecular formula is C94H120F14O15S2+2. The van der Waals surface area contributed by atoms with Gasteiger partial charge in [-0.05, 0) is 258 Å². The van der Waals surface area contributed by atoms with Crippen LogP contribution < -0.4 is 9.47 Å². The minimum absolute atomic E-state index is 0. The molecule has 6 aromatic rings. The van der Waals surface area contributed by atoms with Crippen molar-refractivity contribution in [2.24, 2.45) is 51.2 Å². The molecule has 8 aliphatic carbocycles. The first kappa shape index (κ1) is 107. The largest absolute Gasteiger partial charge is 0.468 e. The van der Waals surface area contributed by atoms with Crippen molar-refractivity contribution >= 4 is 57.6 Å². The zero-order valence-electron chi connectivity index (χ0n) is 69.0. The van der Waals surface area contributed by atoms with Gasteiger partial charge < -0.3 is 43.0 Å². The SMILES string of the molecule is C.C.C.C.CCC(C)(C)C(=O)Oc1ccc([S+](c2ccccc2)c2ccccc2)cc1.CCC(C)(C)C(=O)Oc1ccc([S+](c2ccccc2)c2ccccc2)cc1.CCOC(=O)C(OCCC(F)(F)C(C)(F)F)(OC(=O)C12CC3CC(CC(C3)C1)C2)C(F)(F)F.CCOC(=O)C(OCCC(F)(F)C(C)(F)F)(OC(=O)C12CC3CC(CC(O)(C3)C1)C2)C(F)(F)F. The molecule has 15 nitrogen and oxygen atoms in total. The van der Waals surface area contributed by atoms with Crippen LogP contribution in [0.25, 0.3) is 0 Å². The molecule has 125 heavy (non-hydrogen) atoms. The Balaban J connectivity index is 0.000000294. The zero-order chi connectivity index (χ0) is 89.2. The van der Waals surface area contributed by atoms with Gasteiger partial charge in [0.15, 0.2) is 29.4 Å². The maximum absolute atomic E-state index is 14.1. The van der Waals surface area contributed by atoms with Crippen molar-refractivity contribution in [1.82, 2.24) is 0 Å². The molecule has 694 valence electrons. The van der Waals surface area contributed by atoms with Gasteiger partial charge in [-0.25, -0.2) is 27.2 Å². The Kier molecular flexibility index (Phi) is 36.7. The Hall–Kier alpha value is -8.26. The number of esters is 6. The second kappa shape index (κ2) is 42.8. The standard InChI is InChI=1S/2C24H25O2S.C21H27F7O6.C21H27F7O5.4CH4/c2*1-4-24(2,3)23(25)26-19-15-17-22(18-16-19)27(20-11-7-5-8-12-20)21-13-9-6-10-14-21;1-3-32-15(30)20(21(26,27)28,33-5-4-19(24,25)16(2,22)23)34-14(29)17-7-12-6-13(8-17)10-18(31,9-12)11-17;1-3-31-16(30)20(21(26,27)28,32-5-4-19(24,25)17(2,22)23)33-15(29)18-9-12-6-13(10-18)8-14(7-12)11-18;;;;/h2*5-18H,4H2,1-3H3;12-13,31H,3-11H2,1-2H3;12-14H,3-11H2,1-2H3;4*1H4/q2*+1;;;;;;. The molecule has 6 aromatic carbocycles. The maximum Gasteiger partial charge on any atom is 0.468 e. The number of aliphatic hydroxyl groups is 1. The van der Waals surface area contributed by atoms with E-state index in [0.29, 0.717) is 50.0 Å². The number of ether oxygens (including phenoxy) is 8. The molecule has 14 rings (SSSR count). The molecule has 8 saturated carbocycles. The van der Waals surface area contributed by atoms with Gasteiger partial charge in [-0.1, -0.05) is 116 Å². The van der Waals surface area contributed by atoms with E-state index < -0.39 is 138 Å². The molecule has 8 fully saturated rings. The molecule has 0 radical (unpaired) electrons. The third-order valence-corrected chi connectivity index (χ3v) is 27.8. The average Bonchev–Trinajstić information content (AvgIpc) is 0.718. The smallest absolute Gasteiger partial charge is 0.461 e. The van der Waals surface area contributed by atoms with Crippen LogP contribution >= 0.6 is 0 Å². The molecule has 31 heteroatoms. The summed E-state index contributed by atoms with van der Waals surface area (Å²) in [5.41, 5.74) is -4.97. The third-order valence-electron chi connectivity index (χ3n) is 23.3. The predicted octanol–water partition coefficient (Wildman–Crippen LogP) is 24.4. The number of halogens is 14. The molecular weight excluding hydrogens is 1700 g/mol. The van der Waals surface area contributed by atoms with E-state index in [2.05, 4.69) is 145 Å². The van der Waals surface area contributed by atoms with Crippen LogP contribution in [-0.2, 0) is 79.0 Å². The topological polar surface area (TPSA) is 196 Å². The molecule has 0 amide bonds. The predicted molar refractivity (Wildman–Crippen MR) is 447 cm³/mol. The number of hydrogen-bond acceptors (Lipinski definition) is 15. The van der Waals surface area contributed by atoms with E-state index in [4.69, 9.17) is 14.2 Å². The van der Waals surface area contributed by atoms with Crippen molar-refractivity contribution in [2.45, 2.75) is 284 Å². The number of rotatable bonds is 30. The van der Waals surface area contributed by atoms with Crippen molar-refractivity contribution in [3.05, 3.63) is 170 Å². The third kappa shape index (κ3) is 25.4. The summed E-state index contributed by atoms with van der Waals surface area (Å²) in [6.45, 7) is 9.27. The lowest BCUT2D eigenvalue weighted by Gasteiger charge is -2.59. The van der Waals surface area contributed by atoms with Crippen LogP contribution in [0.5, 0.6) is 11.5 Å². The Bertz CT molecular complexity index is 4170. The molecule has 0 aliphatic heterocycles. The average molecular weight is 1820 g/mol. The number of hydrogen-bond donors (Lipinski definition) is 1. The van der Waals surface area contributed by atoms with Gasteiger partial charge in [-0.3, -0.25) is 19.2 Å². The van der Waals surface area contributed by atoms with Gasteiger partial charge in [0.1, 0.15) is 11.5 Å². The van der Waals surface area contributed by atoms with Crippen molar-refractivity contribution in [3.63, 3.8) is 0 Å². The summed E-state index contributed by atoms with van der Waals surface area (Å²) in [5, 5.41) is 10.8. The van der Waals surface area contributed by atoms with Gasteiger partial charge >= 0.3 is 83.4 Å². The molecule has 1 N–H and O–H groups in total. The fourth-order valence-corrected chi connectivity index (χ4v) is 20.9. The van der Waals surface area contributed by atoms with Crippen molar-refractivity contribution in [2.75, 3.05) is 26.4 Å². The molecule has 8 bridgehead atoms. The molecule has 0 saturated heterocycles. The van der Waals surface area contributed by atoms with E-state index in [1.807, 2.05) is 90.1 Å². The van der Waals surface area contributed by atoms with Gasteiger partial charge in [-0.2, -0.15) is 43.9 Å². The molecule has 8 aliphatic rings. The number of carbonyl (C=O) groups excluding carboxylic acids is 6. The lowest BCUT2D eigenvalue weighted by atomic mass is 9.48. The highest BCUT2D eigenvalue weighted by molar-refractivity contribution is 7.97. The Morgan fingerprint density at radius 3 is 0.888 bits per heavy atom. The monoisotopic (exact) mass is 1820 g/mol. The number of benzene rings is 6. The van der Waals surface area contributed by atoms with Crippen LogP contribution in [0.3, 0.4) is 0 Å². The fourth-order valence-electron chi connectivity index (χ4n) is 16.7. The quantitative estimate of drug-likeness (QED) is 0.0112. The van der Waals surface area contributed by atoms with Crippen LogP contribution in [0.2, 0.25) is 0 Å². The lowest BCUT2D eigenvalue weighted by Crippen LogP contribution is -2.63. The lowest BCUT2D eigenvalue weighted by molar-refractivity contribution is -0.362. The van der Waals surface area contributed by atoms with E-state index >= 15 is 0 Å². The molecule has 0 spiro atoms.